The van der Waals surface area contributed by atoms with Gasteiger partial charge < -0.3 is 15.2 Å². The molecule has 0 saturated carbocycles. The number of hydrogen-bond donors (Lipinski definition) is 1. The van der Waals surface area contributed by atoms with Gasteiger partial charge in [-0.05, 0) is 38.0 Å². The highest BCUT2D eigenvalue weighted by molar-refractivity contribution is 6.03. The molecule has 1 fully saturated rings. The fourth-order valence-corrected chi connectivity index (χ4v) is 2.46. The van der Waals surface area contributed by atoms with Crippen LogP contribution in [-0.2, 0) is 4.74 Å². The van der Waals surface area contributed by atoms with Crippen molar-refractivity contribution >= 4 is 5.78 Å². The van der Waals surface area contributed by atoms with E-state index in [1.54, 1.807) is 7.11 Å². The van der Waals surface area contributed by atoms with Gasteiger partial charge in [-0.15, -0.1) is 0 Å². The van der Waals surface area contributed by atoms with Crippen LogP contribution < -0.4 is 10.5 Å². The number of rotatable bonds is 3. The molecule has 2 unspecified atom stereocenters. The average Bonchev–Trinajstić information content (AvgIpc) is 2.73. The predicted molar refractivity (Wildman–Crippen MR) is 73.7 cm³/mol. The van der Waals surface area contributed by atoms with E-state index in [9.17, 15) is 4.79 Å². The van der Waals surface area contributed by atoms with Crippen molar-refractivity contribution < 1.29 is 14.3 Å². The quantitative estimate of drug-likeness (QED) is 0.846. The van der Waals surface area contributed by atoms with Crippen LogP contribution in [0.5, 0.6) is 5.75 Å². The fourth-order valence-electron chi connectivity index (χ4n) is 2.46. The van der Waals surface area contributed by atoms with Crippen molar-refractivity contribution in [3.8, 4) is 5.75 Å². The van der Waals surface area contributed by atoms with Gasteiger partial charge in [0.2, 0.25) is 0 Å². The SMILES string of the molecule is COc1c(C(=O)C2(C)COCC2N)ccc(C)c1C. The second-order valence-corrected chi connectivity index (χ2v) is 5.46. The van der Waals surface area contributed by atoms with Crippen LogP contribution >= 0.6 is 0 Å². The summed E-state index contributed by atoms with van der Waals surface area (Å²) in [6.45, 7) is 6.61. The van der Waals surface area contributed by atoms with E-state index in [0.717, 1.165) is 11.1 Å². The Bertz CT molecular complexity index is 512. The maximum Gasteiger partial charge on any atom is 0.176 e. The summed E-state index contributed by atoms with van der Waals surface area (Å²) in [7, 11) is 1.59. The lowest BCUT2D eigenvalue weighted by atomic mass is 9.78. The molecule has 104 valence electrons. The van der Waals surface area contributed by atoms with Crippen molar-refractivity contribution in [1.82, 2.24) is 0 Å². The van der Waals surface area contributed by atoms with E-state index in [0.29, 0.717) is 24.5 Å². The van der Waals surface area contributed by atoms with E-state index in [2.05, 4.69) is 0 Å². The molecule has 2 N–H and O–H groups in total. The number of methoxy groups -OCH3 is 1. The van der Waals surface area contributed by atoms with Gasteiger partial charge in [-0.25, -0.2) is 0 Å². The second-order valence-electron chi connectivity index (χ2n) is 5.46. The third-order valence-corrected chi connectivity index (χ3v) is 4.16. The Morgan fingerprint density at radius 1 is 1.47 bits per heavy atom. The molecule has 0 bridgehead atoms. The van der Waals surface area contributed by atoms with E-state index in [4.69, 9.17) is 15.2 Å². The first kappa shape index (κ1) is 14.0. The molecule has 1 saturated heterocycles. The monoisotopic (exact) mass is 263 g/mol. The maximum atomic E-state index is 12.8. The van der Waals surface area contributed by atoms with Crippen molar-refractivity contribution in [1.29, 1.82) is 0 Å². The summed E-state index contributed by atoms with van der Waals surface area (Å²) in [5.41, 5.74) is 8.04. The summed E-state index contributed by atoms with van der Waals surface area (Å²) in [5.74, 6) is 0.641. The summed E-state index contributed by atoms with van der Waals surface area (Å²) in [4.78, 5) is 12.8. The Labute approximate surface area is 113 Å². The van der Waals surface area contributed by atoms with Crippen LogP contribution in [0.25, 0.3) is 0 Å². The standard InChI is InChI=1S/C15H21NO3/c1-9-5-6-11(13(18-4)10(9)2)14(17)15(3)8-19-7-12(15)16/h5-6,12H,7-8,16H2,1-4H3. The van der Waals surface area contributed by atoms with Crippen molar-refractivity contribution in [2.24, 2.45) is 11.1 Å². The Morgan fingerprint density at radius 3 is 2.68 bits per heavy atom. The number of benzene rings is 1. The molecule has 1 heterocycles. The first-order valence-electron chi connectivity index (χ1n) is 6.44. The molecule has 1 aromatic rings. The molecular formula is C15H21NO3. The molecule has 0 radical (unpaired) electrons. The highest BCUT2D eigenvalue weighted by atomic mass is 16.5. The van der Waals surface area contributed by atoms with Gasteiger partial charge in [-0.3, -0.25) is 4.79 Å². The summed E-state index contributed by atoms with van der Waals surface area (Å²) >= 11 is 0. The molecule has 4 heteroatoms. The highest BCUT2D eigenvalue weighted by Gasteiger charge is 2.45. The molecule has 0 aromatic heterocycles. The van der Waals surface area contributed by atoms with Crippen LogP contribution in [-0.4, -0.2) is 32.1 Å². The number of nitrogens with two attached hydrogens (primary N) is 1. The van der Waals surface area contributed by atoms with Gasteiger partial charge in [-0.1, -0.05) is 6.07 Å². The molecule has 2 rings (SSSR count). The Morgan fingerprint density at radius 2 is 2.16 bits per heavy atom. The predicted octanol–water partition coefficient (Wildman–Crippen LogP) is 1.86. The molecular weight excluding hydrogens is 242 g/mol. The largest absolute Gasteiger partial charge is 0.496 e. The van der Waals surface area contributed by atoms with E-state index in [-0.39, 0.29) is 11.8 Å². The van der Waals surface area contributed by atoms with Crippen LogP contribution in [0.4, 0.5) is 0 Å². The molecule has 19 heavy (non-hydrogen) atoms. The molecule has 0 aliphatic carbocycles. The van der Waals surface area contributed by atoms with Crippen molar-refractivity contribution in [3.05, 3.63) is 28.8 Å². The second kappa shape index (κ2) is 4.94. The molecule has 2 atom stereocenters. The smallest absolute Gasteiger partial charge is 0.176 e. The summed E-state index contributed by atoms with van der Waals surface area (Å²) in [6, 6.07) is 3.49. The number of hydrogen-bond acceptors (Lipinski definition) is 4. The molecule has 1 aliphatic heterocycles. The summed E-state index contributed by atoms with van der Waals surface area (Å²) in [6.07, 6.45) is 0. The number of ketones is 1. The topological polar surface area (TPSA) is 61.5 Å². The van der Waals surface area contributed by atoms with Crippen molar-refractivity contribution in [2.75, 3.05) is 20.3 Å². The van der Waals surface area contributed by atoms with Gasteiger partial charge in [0.25, 0.3) is 0 Å². The number of carbonyl (C=O) groups excluding carboxylic acids is 1. The lowest BCUT2D eigenvalue weighted by Crippen LogP contribution is -2.44. The lowest BCUT2D eigenvalue weighted by Gasteiger charge is -2.26. The Hall–Kier alpha value is -1.39. The van der Waals surface area contributed by atoms with Crippen LogP contribution in [0.15, 0.2) is 12.1 Å². The van der Waals surface area contributed by atoms with Crippen molar-refractivity contribution in [2.45, 2.75) is 26.8 Å². The lowest BCUT2D eigenvalue weighted by molar-refractivity contribution is 0.0764. The van der Waals surface area contributed by atoms with Crippen LogP contribution in [0.3, 0.4) is 0 Å². The van der Waals surface area contributed by atoms with Crippen molar-refractivity contribution in [3.63, 3.8) is 0 Å². The number of aryl methyl sites for hydroxylation is 1. The average molecular weight is 263 g/mol. The third-order valence-electron chi connectivity index (χ3n) is 4.16. The van der Waals surface area contributed by atoms with E-state index >= 15 is 0 Å². The zero-order valence-electron chi connectivity index (χ0n) is 11.9. The molecule has 1 aromatic carbocycles. The summed E-state index contributed by atoms with van der Waals surface area (Å²) < 4.78 is 10.8. The van der Waals surface area contributed by atoms with Gasteiger partial charge in [0, 0.05) is 6.04 Å². The van der Waals surface area contributed by atoms with E-state index in [1.165, 1.54) is 0 Å². The molecule has 1 aliphatic rings. The minimum Gasteiger partial charge on any atom is -0.496 e. The number of carbonyl (C=O) groups is 1. The summed E-state index contributed by atoms with van der Waals surface area (Å²) in [5, 5.41) is 0. The minimum absolute atomic E-state index is 0.00236. The van der Waals surface area contributed by atoms with E-state index < -0.39 is 5.41 Å². The maximum absolute atomic E-state index is 12.8. The van der Waals surface area contributed by atoms with Gasteiger partial charge >= 0.3 is 0 Å². The van der Waals surface area contributed by atoms with Gasteiger partial charge in [0.15, 0.2) is 5.78 Å². The molecule has 0 amide bonds. The van der Waals surface area contributed by atoms with Gasteiger partial charge in [0.1, 0.15) is 5.75 Å². The minimum atomic E-state index is -0.672. The van der Waals surface area contributed by atoms with Gasteiger partial charge in [-0.2, -0.15) is 0 Å². The third kappa shape index (κ3) is 2.15. The number of ether oxygens (including phenoxy) is 2. The van der Waals surface area contributed by atoms with Crippen LogP contribution in [0, 0.1) is 19.3 Å². The van der Waals surface area contributed by atoms with Crippen LogP contribution in [0.2, 0.25) is 0 Å². The zero-order valence-corrected chi connectivity index (χ0v) is 11.9. The zero-order chi connectivity index (χ0) is 14.2. The Balaban J connectivity index is 2.48. The van der Waals surface area contributed by atoms with Gasteiger partial charge in [0.05, 0.1) is 31.3 Å². The first-order chi connectivity index (χ1) is 8.91. The fraction of sp³-hybridized carbons (Fsp3) is 0.533. The molecule has 4 nitrogen and oxygen atoms in total. The number of Topliss-reactive ketones (excluding diaryl/α,β-unsaturated/α-hetero) is 1. The Kier molecular flexibility index (Phi) is 3.65. The first-order valence-corrected chi connectivity index (χ1v) is 6.44. The van der Waals surface area contributed by atoms with E-state index in [1.807, 2.05) is 32.9 Å². The molecule has 0 spiro atoms. The normalized spacial score (nSPS) is 26.5. The highest BCUT2D eigenvalue weighted by Crippen LogP contribution is 2.36. The van der Waals surface area contributed by atoms with Crippen LogP contribution in [0.1, 0.15) is 28.4 Å².